The molecular weight excluding hydrogens is 308 g/mol. The van der Waals surface area contributed by atoms with Crippen LogP contribution in [0.2, 0.25) is 5.02 Å². The summed E-state index contributed by atoms with van der Waals surface area (Å²) in [5.74, 6) is 0.275. The number of amides is 1. The number of likely N-dealkylation sites (tertiary alicyclic amines) is 1. The van der Waals surface area contributed by atoms with Crippen molar-refractivity contribution in [2.45, 2.75) is 31.3 Å². The maximum atomic E-state index is 12.3. The van der Waals surface area contributed by atoms with Gasteiger partial charge in [-0.3, -0.25) is 4.79 Å². The highest BCUT2D eigenvalue weighted by Gasteiger charge is 2.35. The lowest BCUT2D eigenvalue weighted by Gasteiger charge is -2.38. The first-order valence-electron chi connectivity index (χ1n) is 8.13. The molecule has 118 valence electrons. The van der Waals surface area contributed by atoms with Gasteiger partial charge in [-0.15, -0.1) is 0 Å². The van der Waals surface area contributed by atoms with E-state index in [1.165, 1.54) is 11.1 Å². The van der Waals surface area contributed by atoms with Gasteiger partial charge in [0, 0.05) is 23.7 Å². The van der Waals surface area contributed by atoms with Crippen LogP contribution in [0.3, 0.4) is 0 Å². The SMILES string of the molecule is O=C1CCCN1[C@H]1C[C@H](c2cccc(Cl)c2)Nc2ccccc21. The topological polar surface area (TPSA) is 32.3 Å². The Kier molecular flexibility index (Phi) is 3.74. The summed E-state index contributed by atoms with van der Waals surface area (Å²) in [6.45, 7) is 0.861. The molecule has 4 rings (SSSR count). The molecule has 2 heterocycles. The molecule has 0 radical (unpaired) electrons. The summed E-state index contributed by atoms with van der Waals surface area (Å²) in [6, 6.07) is 16.6. The molecule has 2 atom stereocenters. The van der Waals surface area contributed by atoms with E-state index in [1.54, 1.807) is 0 Å². The molecule has 0 spiro atoms. The van der Waals surface area contributed by atoms with Crippen LogP contribution in [0.1, 0.15) is 42.5 Å². The second-order valence-electron chi connectivity index (χ2n) is 6.28. The van der Waals surface area contributed by atoms with Gasteiger partial charge in [0.1, 0.15) is 0 Å². The fourth-order valence-electron chi connectivity index (χ4n) is 3.75. The van der Waals surface area contributed by atoms with Crippen molar-refractivity contribution < 1.29 is 4.79 Å². The average molecular weight is 327 g/mol. The normalized spacial score (nSPS) is 23.5. The summed E-state index contributed by atoms with van der Waals surface area (Å²) in [5.41, 5.74) is 3.51. The third-order valence-corrected chi connectivity index (χ3v) is 5.08. The first kappa shape index (κ1) is 14.6. The van der Waals surface area contributed by atoms with Crippen molar-refractivity contribution in [3.8, 4) is 0 Å². The lowest BCUT2D eigenvalue weighted by atomic mass is 9.88. The number of halogens is 1. The average Bonchev–Trinajstić information content (AvgIpc) is 3.00. The van der Waals surface area contributed by atoms with E-state index in [9.17, 15) is 4.79 Å². The molecule has 1 fully saturated rings. The maximum Gasteiger partial charge on any atom is 0.223 e. The molecule has 4 heteroatoms. The summed E-state index contributed by atoms with van der Waals surface area (Å²) in [7, 11) is 0. The van der Waals surface area contributed by atoms with E-state index in [1.807, 2.05) is 30.3 Å². The second kappa shape index (κ2) is 5.89. The third kappa shape index (κ3) is 2.70. The molecule has 0 saturated carbocycles. The van der Waals surface area contributed by atoms with Crippen LogP contribution in [-0.4, -0.2) is 17.4 Å². The number of anilines is 1. The van der Waals surface area contributed by atoms with Crippen molar-refractivity contribution in [2.24, 2.45) is 0 Å². The van der Waals surface area contributed by atoms with E-state index in [0.717, 1.165) is 30.1 Å². The minimum Gasteiger partial charge on any atom is -0.378 e. The summed E-state index contributed by atoms with van der Waals surface area (Å²) in [6.07, 6.45) is 2.52. The summed E-state index contributed by atoms with van der Waals surface area (Å²) in [4.78, 5) is 14.3. The minimum atomic E-state index is 0.145. The van der Waals surface area contributed by atoms with Gasteiger partial charge in [0.15, 0.2) is 0 Å². The quantitative estimate of drug-likeness (QED) is 0.877. The first-order valence-corrected chi connectivity index (χ1v) is 8.50. The van der Waals surface area contributed by atoms with Crippen LogP contribution in [0.5, 0.6) is 0 Å². The van der Waals surface area contributed by atoms with Gasteiger partial charge < -0.3 is 10.2 Å². The highest BCUT2D eigenvalue weighted by atomic mass is 35.5. The molecule has 2 aromatic carbocycles. The van der Waals surface area contributed by atoms with Gasteiger partial charge in [-0.05, 0) is 42.2 Å². The smallest absolute Gasteiger partial charge is 0.223 e. The highest BCUT2D eigenvalue weighted by Crippen LogP contribution is 2.43. The van der Waals surface area contributed by atoms with Crippen molar-refractivity contribution in [3.05, 3.63) is 64.7 Å². The van der Waals surface area contributed by atoms with Gasteiger partial charge in [0.05, 0.1) is 12.1 Å². The number of hydrogen-bond acceptors (Lipinski definition) is 2. The molecule has 0 aliphatic carbocycles. The number of carbonyl (C=O) groups excluding carboxylic acids is 1. The third-order valence-electron chi connectivity index (χ3n) is 4.85. The Labute approximate surface area is 141 Å². The lowest BCUT2D eigenvalue weighted by molar-refractivity contribution is -0.130. The van der Waals surface area contributed by atoms with Crippen LogP contribution in [0.25, 0.3) is 0 Å². The number of rotatable bonds is 2. The number of hydrogen-bond donors (Lipinski definition) is 1. The molecule has 1 N–H and O–H groups in total. The summed E-state index contributed by atoms with van der Waals surface area (Å²) in [5, 5.41) is 4.36. The first-order chi connectivity index (χ1) is 11.2. The van der Waals surface area contributed by atoms with Gasteiger partial charge in [0.25, 0.3) is 0 Å². The molecule has 1 amide bonds. The summed E-state index contributed by atoms with van der Waals surface area (Å²) >= 11 is 6.16. The Morgan fingerprint density at radius 1 is 1.13 bits per heavy atom. The minimum absolute atomic E-state index is 0.145. The van der Waals surface area contributed by atoms with Crippen LogP contribution >= 0.6 is 11.6 Å². The van der Waals surface area contributed by atoms with Gasteiger partial charge in [0.2, 0.25) is 5.91 Å². The number of fused-ring (bicyclic) bond motifs is 1. The number of nitrogens with zero attached hydrogens (tertiary/aromatic N) is 1. The Bertz CT molecular complexity index is 746. The summed E-state index contributed by atoms with van der Waals surface area (Å²) < 4.78 is 0. The van der Waals surface area contributed by atoms with Crippen LogP contribution < -0.4 is 5.32 Å². The van der Waals surface area contributed by atoms with E-state index in [2.05, 4.69) is 28.4 Å². The molecule has 2 aliphatic heterocycles. The number of carbonyl (C=O) groups is 1. The fourth-order valence-corrected chi connectivity index (χ4v) is 3.95. The monoisotopic (exact) mass is 326 g/mol. The van der Waals surface area contributed by atoms with Gasteiger partial charge in [-0.1, -0.05) is 41.9 Å². The lowest BCUT2D eigenvalue weighted by Crippen LogP contribution is -2.35. The maximum absolute atomic E-state index is 12.3. The van der Waals surface area contributed by atoms with Gasteiger partial charge in [-0.2, -0.15) is 0 Å². The van der Waals surface area contributed by atoms with Crippen molar-refractivity contribution in [2.75, 3.05) is 11.9 Å². The van der Waals surface area contributed by atoms with E-state index < -0.39 is 0 Å². The Morgan fingerprint density at radius 3 is 2.78 bits per heavy atom. The number of nitrogens with one attached hydrogen (secondary N) is 1. The molecule has 2 aliphatic rings. The molecule has 0 aromatic heterocycles. The standard InChI is InChI=1S/C19H19ClN2O/c20-14-6-3-5-13(11-14)17-12-18(22-10-4-9-19(22)23)15-7-1-2-8-16(15)21-17/h1-3,5-8,11,17-18,21H,4,9-10,12H2/t17-,18+/m1/s1. The van der Waals surface area contributed by atoms with Crippen molar-refractivity contribution in [1.82, 2.24) is 4.90 Å². The van der Waals surface area contributed by atoms with E-state index >= 15 is 0 Å². The fraction of sp³-hybridized carbons (Fsp3) is 0.316. The molecule has 2 aromatic rings. The van der Waals surface area contributed by atoms with Crippen molar-refractivity contribution >= 4 is 23.2 Å². The van der Waals surface area contributed by atoms with Crippen LogP contribution in [0.4, 0.5) is 5.69 Å². The highest BCUT2D eigenvalue weighted by molar-refractivity contribution is 6.30. The molecule has 23 heavy (non-hydrogen) atoms. The Balaban J connectivity index is 1.72. The molecule has 0 unspecified atom stereocenters. The number of benzene rings is 2. The molecule has 1 saturated heterocycles. The Morgan fingerprint density at radius 2 is 2.00 bits per heavy atom. The molecular formula is C19H19ClN2O. The zero-order valence-electron chi connectivity index (χ0n) is 12.8. The van der Waals surface area contributed by atoms with E-state index in [0.29, 0.717) is 6.42 Å². The van der Waals surface area contributed by atoms with Gasteiger partial charge in [-0.25, -0.2) is 0 Å². The van der Waals surface area contributed by atoms with Crippen LogP contribution in [-0.2, 0) is 4.79 Å². The zero-order valence-corrected chi connectivity index (χ0v) is 13.6. The van der Waals surface area contributed by atoms with E-state index in [-0.39, 0.29) is 18.0 Å². The largest absolute Gasteiger partial charge is 0.378 e. The van der Waals surface area contributed by atoms with E-state index in [4.69, 9.17) is 11.6 Å². The van der Waals surface area contributed by atoms with Crippen molar-refractivity contribution in [3.63, 3.8) is 0 Å². The predicted molar refractivity (Wildman–Crippen MR) is 92.6 cm³/mol. The number of para-hydroxylation sites is 1. The van der Waals surface area contributed by atoms with Gasteiger partial charge >= 0.3 is 0 Å². The van der Waals surface area contributed by atoms with Crippen LogP contribution in [0, 0.1) is 0 Å². The Hall–Kier alpha value is -2.00. The second-order valence-corrected chi connectivity index (χ2v) is 6.72. The molecule has 3 nitrogen and oxygen atoms in total. The zero-order chi connectivity index (χ0) is 15.8. The van der Waals surface area contributed by atoms with Crippen LogP contribution in [0.15, 0.2) is 48.5 Å². The predicted octanol–water partition coefficient (Wildman–Crippen LogP) is 4.56. The van der Waals surface area contributed by atoms with Crippen molar-refractivity contribution in [1.29, 1.82) is 0 Å². The molecule has 0 bridgehead atoms.